The molecule has 0 fully saturated rings. The molecule has 0 aliphatic rings. The number of Topliss-reactive ketones (excluding diaryl/α,β-unsaturated/α-hetero) is 1. The summed E-state index contributed by atoms with van der Waals surface area (Å²) in [5, 5.41) is 0. The summed E-state index contributed by atoms with van der Waals surface area (Å²) in [6.07, 6.45) is 0.948. The van der Waals surface area contributed by atoms with Crippen molar-refractivity contribution in [3.05, 3.63) is 29.8 Å². The molecule has 15 heavy (non-hydrogen) atoms. The van der Waals surface area contributed by atoms with Gasteiger partial charge in [-0.25, -0.2) is 0 Å². The van der Waals surface area contributed by atoms with Crippen LogP contribution in [0.15, 0.2) is 24.3 Å². The molecular weight excluding hydrogens is 190 g/mol. The molecule has 1 aromatic carbocycles. The number of nitrogen functional groups attached to an aromatic ring is 1. The Kier molecular flexibility index (Phi) is 4.27. The molecule has 82 valence electrons. The van der Waals surface area contributed by atoms with Gasteiger partial charge in [0.05, 0.1) is 0 Å². The van der Waals surface area contributed by atoms with Crippen LogP contribution in [0.5, 0.6) is 0 Å². The molecule has 0 aliphatic carbocycles. The molecule has 0 radical (unpaired) electrons. The van der Waals surface area contributed by atoms with Crippen LogP contribution in [0.25, 0.3) is 0 Å². The molecule has 0 bridgehead atoms. The lowest BCUT2D eigenvalue weighted by Gasteiger charge is -2.10. The van der Waals surface area contributed by atoms with Crippen molar-refractivity contribution in [2.75, 3.05) is 12.3 Å². The minimum Gasteiger partial charge on any atom is -0.398 e. The molecule has 0 aliphatic heterocycles. The monoisotopic (exact) mass is 207 g/mol. The van der Waals surface area contributed by atoms with Crippen molar-refractivity contribution in [1.29, 1.82) is 0 Å². The van der Waals surface area contributed by atoms with E-state index in [0.29, 0.717) is 30.6 Å². The van der Waals surface area contributed by atoms with Crippen molar-refractivity contribution in [3.63, 3.8) is 0 Å². The lowest BCUT2D eigenvalue weighted by Crippen LogP contribution is -2.27. The predicted octanol–water partition coefficient (Wildman–Crippen LogP) is 0.518. The number of hydrogen-bond acceptors (Lipinski definition) is 4. The van der Waals surface area contributed by atoms with Gasteiger partial charge in [-0.3, -0.25) is 4.79 Å². The molecule has 1 atom stereocenters. The molecule has 0 aromatic heterocycles. The Hall–Kier alpha value is -1.39. The quantitative estimate of drug-likeness (QED) is 0.484. The van der Waals surface area contributed by atoms with Crippen LogP contribution >= 0.6 is 0 Å². The zero-order valence-electron chi connectivity index (χ0n) is 8.65. The molecule has 0 spiro atoms. The molecular formula is C11H17N3O. The molecule has 0 saturated carbocycles. The second-order valence-corrected chi connectivity index (χ2v) is 3.55. The summed E-state index contributed by atoms with van der Waals surface area (Å²) in [5.41, 5.74) is 17.8. The molecule has 0 amide bonds. The number of para-hydroxylation sites is 1. The van der Waals surface area contributed by atoms with Gasteiger partial charge in [0.1, 0.15) is 0 Å². The Morgan fingerprint density at radius 1 is 1.33 bits per heavy atom. The first kappa shape index (κ1) is 11.7. The highest BCUT2D eigenvalue weighted by Gasteiger charge is 2.12. The van der Waals surface area contributed by atoms with Gasteiger partial charge >= 0.3 is 0 Å². The van der Waals surface area contributed by atoms with Gasteiger partial charge in [0, 0.05) is 23.7 Å². The fourth-order valence-electron chi connectivity index (χ4n) is 1.42. The number of nitrogens with two attached hydrogens (primary N) is 3. The van der Waals surface area contributed by atoms with Gasteiger partial charge < -0.3 is 17.2 Å². The van der Waals surface area contributed by atoms with Crippen LogP contribution in [-0.2, 0) is 0 Å². The number of carbonyl (C=O) groups is 1. The first-order valence-electron chi connectivity index (χ1n) is 4.98. The summed E-state index contributed by atoms with van der Waals surface area (Å²) < 4.78 is 0. The number of anilines is 1. The molecule has 0 saturated heterocycles. The number of ketones is 1. The van der Waals surface area contributed by atoms with E-state index < -0.39 is 0 Å². The van der Waals surface area contributed by atoms with E-state index in [9.17, 15) is 4.79 Å². The van der Waals surface area contributed by atoms with Gasteiger partial charge in [-0.15, -0.1) is 0 Å². The van der Waals surface area contributed by atoms with Crippen molar-refractivity contribution in [2.45, 2.75) is 18.9 Å². The average Bonchev–Trinajstić information content (AvgIpc) is 2.18. The van der Waals surface area contributed by atoms with Gasteiger partial charge in [0.15, 0.2) is 5.78 Å². The van der Waals surface area contributed by atoms with Crippen LogP contribution in [0.3, 0.4) is 0 Å². The highest BCUT2D eigenvalue weighted by Crippen LogP contribution is 2.13. The summed E-state index contributed by atoms with van der Waals surface area (Å²) in [7, 11) is 0. The van der Waals surface area contributed by atoms with E-state index in [1.165, 1.54) is 0 Å². The van der Waals surface area contributed by atoms with Crippen molar-refractivity contribution in [2.24, 2.45) is 11.5 Å². The third-order valence-electron chi connectivity index (χ3n) is 2.25. The lowest BCUT2D eigenvalue weighted by atomic mass is 10.0. The van der Waals surface area contributed by atoms with E-state index >= 15 is 0 Å². The Morgan fingerprint density at radius 3 is 2.60 bits per heavy atom. The number of benzene rings is 1. The number of carbonyl (C=O) groups excluding carboxylic acids is 1. The van der Waals surface area contributed by atoms with E-state index in [2.05, 4.69) is 0 Å². The lowest BCUT2D eigenvalue weighted by molar-refractivity contribution is 0.0974. The molecule has 4 nitrogen and oxygen atoms in total. The minimum absolute atomic E-state index is 0.0194. The first-order chi connectivity index (χ1) is 7.15. The fraction of sp³-hybridized carbons (Fsp3) is 0.364. The smallest absolute Gasteiger partial charge is 0.166 e. The topological polar surface area (TPSA) is 95.1 Å². The van der Waals surface area contributed by atoms with Crippen molar-refractivity contribution in [3.8, 4) is 0 Å². The Bertz CT molecular complexity index is 338. The largest absolute Gasteiger partial charge is 0.398 e. The second kappa shape index (κ2) is 5.48. The predicted molar refractivity (Wildman–Crippen MR) is 61.4 cm³/mol. The summed E-state index contributed by atoms with van der Waals surface area (Å²) in [6, 6.07) is 6.83. The van der Waals surface area contributed by atoms with Gasteiger partial charge in [-0.05, 0) is 25.1 Å². The third kappa shape index (κ3) is 3.34. The summed E-state index contributed by atoms with van der Waals surface area (Å²) in [5.74, 6) is -0.0194. The summed E-state index contributed by atoms with van der Waals surface area (Å²) in [6.45, 7) is 0.499. The van der Waals surface area contributed by atoms with Gasteiger partial charge in [-0.2, -0.15) is 0 Å². The summed E-state index contributed by atoms with van der Waals surface area (Å²) >= 11 is 0. The molecule has 6 N–H and O–H groups in total. The average molecular weight is 207 g/mol. The SMILES string of the molecule is NCCC(N)CC(=O)c1ccccc1N. The van der Waals surface area contributed by atoms with Gasteiger partial charge in [-0.1, -0.05) is 12.1 Å². The Labute approximate surface area is 89.4 Å². The van der Waals surface area contributed by atoms with Crippen LogP contribution in [0.1, 0.15) is 23.2 Å². The van der Waals surface area contributed by atoms with E-state index in [0.717, 1.165) is 0 Å². The molecule has 0 heterocycles. The summed E-state index contributed by atoms with van der Waals surface area (Å²) in [4.78, 5) is 11.7. The number of hydrogen-bond donors (Lipinski definition) is 3. The van der Waals surface area contributed by atoms with E-state index in [1.807, 2.05) is 0 Å². The molecule has 1 rings (SSSR count). The Morgan fingerprint density at radius 2 is 2.00 bits per heavy atom. The minimum atomic E-state index is -0.179. The maximum atomic E-state index is 11.7. The number of rotatable bonds is 5. The standard InChI is InChI=1S/C11H17N3O/c12-6-5-8(13)7-11(15)9-3-1-2-4-10(9)14/h1-4,8H,5-7,12-14H2. The third-order valence-corrected chi connectivity index (χ3v) is 2.25. The molecule has 1 aromatic rings. The highest BCUT2D eigenvalue weighted by atomic mass is 16.1. The first-order valence-corrected chi connectivity index (χ1v) is 4.98. The van der Waals surface area contributed by atoms with Crippen LogP contribution in [0.4, 0.5) is 5.69 Å². The normalized spacial score (nSPS) is 12.4. The molecule has 1 unspecified atom stereocenters. The van der Waals surface area contributed by atoms with Crippen LogP contribution in [0.2, 0.25) is 0 Å². The molecule has 4 heteroatoms. The van der Waals surface area contributed by atoms with Gasteiger partial charge in [0.2, 0.25) is 0 Å². The van der Waals surface area contributed by atoms with Crippen molar-refractivity contribution in [1.82, 2.24) is 0 Å². The van der Waals surface area contributed by atoms with Gasteiger partial charge in [0.25, 0.3) is 0 Å². The van der Waals surface area contributed by atoms with Crippen molar-refractivity contribution < 1.29 is 4.79 Å². The van der Waals surface area contributed by atoms with E-state index in [4.69, 9.17) is 17.2 Å². The van der Waals surface area contributed by atoms with E-state index in [1.54, 1.807) is 24.3 Å². The van der Waals surface area contributed by atoms with Crippen LogP contribution < -0.4 is 17.2 Å². The van der Waals surface area contributed by atoms with Crippen LogP contribution in [-0.4, -0.2) is 18.4 Å². The maximum absolute atomic E-state index is 11.7. The maximum Gasteiger partial charge on any atom is 0.166 e. The van der Waals surface area contributed by atoms with Crippen molar-refractivity contribution >= 4 is 11.5 Å². The Balaban J connectivity index is 2.65. The zero-order chi connectivity index (χ0) is 11.3. The second-order valence-electron chi connectivity index (χ2n) is 3.55. The zero-order valence-corrected chi connectivity index (χ0v) is 8.65. The highest BCUT2D eigenvalue weighted by molar-refractivity contribution is 6.00. The van der Waals surface area contributed by atoms with E-state index in [-0.39, 0.29) is 11.8 Å². The van der Waals surface area contributed by atoms with Crippen LogP contribution in [0, 0.1) is 0 Å². The fourth-order valence-corrected chi connectivity index (χ4v) is 1.42.